The van der Waals surface area contributed by atoms with E-state index in [2.05, 4.69) is 0 Å². The van der Waals surface area contributed by atoms with Crippen molar-refractivity contribution >= 4 is 16.0 Å². The average molecular weight is 204 g/mol. The Kier molecular flexibility index (Phi) is 2.14. The summed E-state index contributed by atoms with van der Waals surface area (Å²) in [6.07, 6.45) is 1.15. The van der Waals surface area contributed by atoms with Crippen LogP contribution in [-0.2, 0) is 17.1 Å². The second-order valence-electron chi connectivity index (χ2n) is 2.52. The number of sulfonamides is 1. The smallest absolute Gasteiger partial charge is 0.352 e. The largest absolute Gasteiger partial charge is 0.477 e. The summed E-state index contributed by atoms with van der Waals surface area (Å²) in [5, 5.41) is 13.4. The molecule has 1 aromatic rings. The lowest BCUT2D eigenvalue weighted by Crippen LogP contribution is -2.11. The van der Waals surface area contributed by atoms with E-state index in [0.717, 1.165) is 12.3 Å². The van der Waals surface area contributed by atoms with E-state index >= 15 is 0 Å². The number of nitrogens with two attached hydrogens (primary N) is 1. The molecule has 0 spiro atoms. The van der Waals surface area contributed by atoms with Crippen molar-refractivity contribution in [2.45, 2.75) is 4.90 Å². The molecule has 0 aliphatic heterocycles. The predicted molar refractivity (Wildman–Crippen MR) is 43.7 cm³/mol. The summed E-state index contributed by atoms with van der Waals surface area (Å²) in [5.41, 5.74) is -0.121. The first-order valence-electron chi connectivity index (χ1n) is 3.25. The molecule has 0 unspecified atom stereocenters. The molecule has 1 heterocycles. The molecule has 0 radical (unpaired) electrons. The number of primary sulfonamides is 1. The zero-order valence-corrected chi connectivity index (χ0v) is 7.58. The highest BCUT2D eigenvalue weighted by molar-refractivity contribution is 7.89. The van der Waals surface area contributed by atoms with Crippen LogP contribution in [0.1, 0.15) is 10.5 Å². The van der Waals surface area contributed by atoms with Crippen molar-refractivity contribution in [2.75, 3.05) is 0 Å². The number of hydrogen-bond donors (Lipinski definition) is 2. The second kappa shape index (κ2) is 2.86. The molecule has 72 valence electrons. The number of carboxylic acids is 1. The Hall–Kier alpha value is -1.34. The molecular formula is C6H8N2O4S. The number of aromatic nitrogens is 1. The van der Waals surface area contributed by atoms with E-state index in [1.54, 1.807) is 0 Å². The van der Waals surface area contributed by atoms with E-state index in [9.17, 15) is 13.2 Å². The van der Waals surface area contributed by atoms with Crippen molar-refractivity contribution in [1.82, 2.24) is 4.57 Å². The lowest BCUT2D eigenvalue weighted by molar-refractivity contribution is 0.0686. The Labute approximate surface area is 74.6 Å². The zero-order valence-electron chi connectivity index (χ0n) is 6.76. The zero-order chi connectivity index (χ0) is 10.2. The Morgan fingerprint density at radius 2 is 2.15 bits per heavy atom. The summed E-state index contributed by atoms with van der Waals surface area (Å²) in [6.45, 7) is 0. The molecule has 7 heteroatoms. The fraction of sp³-hybridized carbons (Fsp3) is 0.167. The molecule has 0 saturated heterocycles. The highest BCUT2D eigenvalue weighted by atomic mass is 32.2. The van der Waals surface area contributed by atoms with Gasteiger partial charge in [-0.2, -0.15) is 0 Å². The minimum absolute atomic E-state index is 0.121. The van der Waals surface area contributed by atoms with E-state index in [0.29, 0.717) is 0 Å². The van der Waals surface area contributed by atoms with Gasteiger partial charge in [0.25, 0.3) is 0 Å². The van der Waals surface area contributed by atoms with E-state index in [1.807, 2.05) is 0 Å². The molecule has 0 bridgehead atoms. The number of aromatic carboxylic acids is 1. The van der Waals surface area contributed by atoms with Gasteiger partial charge in [-0.15, -0.1) is 0 Å². The number of nitrogens with zero attached hydrogens (tertiary/aromatic N) is 1. The number of carbonyl (C=O) groups is 1. The molecule has 0 fully saturated rings. The molecule has 0 aliphatic rings. The standard InChI is InChI=1S/C6H8N2O4S/c1-8-3-4(13(7,11)12)2-5(8)6(9)10/h2-3H,1H3,(H,9,10)(H2,7,11,12). The van der Waals surface area contributed by atoms with Crippen LogP contribution in [0, 0.1) is 0 Å². The summed E-state index contributed by atoms with van der Waals surface area (Å²) in [7, 11) is -2.39. The van der Waals surface area contributed by atoms with Crippen LogP contribution in [0.4, 0.5) is 0 Å². The van der Waals surface area contributed by atoms with Crippen LogP contribution in [0.5, 0.6) is 0 Å². The van der Waals surface area contributed by atoms with Crippen LogP contribution in [0.3, 0.4) is 0 Å². The fourth-order valence-corrected chi connectivity index (χ4v) is 1.48. The second-order valence-corrected chi connectivity index (χ2v) is 4.08. The highest BCUT2D eigenvalue weighted by Gasteiger charge is 2.16. The molecule has 3 N–H and O–H groups in total. The van der Waals surface area contributed by atoms with Gasteiger partial charge in [-0.3, -0.25) is 0 Å². The Morgan fingerprint density at radius 3 is 2.38 bits per heavy atom. The molecule has 0 saturated carbocycles. The lowest BCUT2D eigenvalue weighted by atomic mass is 10.4. The molecule has 1 aromatic heterocycles. The number of aryl methyl sites for hydroxylation is 1. The van der Waals surface area contributed by atoms with Crippen LogP contribution in [-0.4, -0.2) is 24.1 Å². The third-order valence-electron chi connectivity index (χ3n) is 1.53. The third kappa shape index (κ3) is 1.87. The Balaban J connectivity index is 3.33. The number of hydrogen-bond acceptors (Lipinski definition) is 3. The van der Waals surface area contributed by atoms with Crippen molar-refractivity contribution < 1.29 is 18.3 Å². The first-order chi connectivity index (χ1) is 5.82. The molecule has 0 aliphatic carbocycles. The van der Waals surface area contributed by atoms with Gasteiger partial charge in [-0.05, 0) is 6.07 Å². The normalized spacial score (nSPS) is 11.5. The van der Waals surface area contributed by atoms with Gasteiger partial charge in [0.15, 0.2) is 0 Å². The monoisotopic (exact) mass is 204 g/mol. The summed E-state index contributed by atoms with van der Waals surface area (Å²) in [5.74, 6) is -1.20. The van der Waals surface area contributed by atoms with E-state index in [-0.39, 0.29) is 10.6 Å². The molecule has 0 amide bonds. The molecule has 1 rings (SSSR count). The highest BCUT2D eigenvalue weighted by Crippen LogP contribution is 2.11. The van der Waals surface area contributed by atoms with Gasteiger partial charge in [0.1, 0.15) is 10.6 Å². The first-order valence-corrected chi connectivity index (χ1v) is 4.79. The third-order valence-corrected chi connectivity index (χ3v) is 2.41. The summed E-state index contributed by atoms with van der Waals surface area (Å²) in [6, 6.07) is 1.01. The maximum Gasteiger partial charge on any atom is 0.352 e. The summed E-state index contributed by atoms with van der Waals surface area (Å²) < 4.78 is 22.8. The van der Waals surface area contributed by atoms with Gasteiger partial charge in [0.2, 0.25) is 10.0 Å². The molecule has 0 atom stereocenters. The van der Waals surface area contributed by atoms with Gasteiger partial charge in [-0.1, -0.05) is 0 Å². The van der Waals surface area contributed by atoms with Crippen LogP contribution in [0.15, 0.2) is 17.2 Å². The molecule has 0 aromatic carbocycles. The van der Waals surface area contributed by atoms with E-state index in [1.165, 1.54) is 11.6 Å². The molecule has 6 nitrogen and oxygen atoms in total. The van der Waals surface area contributed by atoms with Crippen LogP contribution in [0.2, 0.25) is 0 Å². The maximum atomic E-state index is 10.8. The molecular weight excluding hydrogens is 196 g/mol. The Bertz CT molecular complexity index is 445. The van der Waals surface area contributed by atoms with Crippen molar-refractivity contribution in [3.8, 4) is 0 Å². The van der Waals surface area contributed by atoms with Gasteiger partial charge in [0.05, 0.1) is 0 Å². The van der Waals surface area contributed by atoms with Crippen molar-refractivity contribution in [3.63, 3.8) is 0 Å². The lowest BCUT2D eigenvalue weighted by Gasteiger charge is -1.92. The van der Waals surface area contributed by atoms with Crippen LogP contribution < -0.4 is 5.14 Å². The van der Waals surface area contributed by atoms with Crippen molar-refractivity contribution in [3.05, 3.63) is 18.0 Å². The summed E-state index contributed by atoms with van der Waals surface area (Å²) >= 11 is 0. The number of carboxylic acid groups (broad SMARTS) is 1. The first kappa shape index (κ1) is 9.75. The molecule has 13 heavy (non-hydrogen) atoms. The van der Waals surface area contributed by atoms with Gasteiger partial charge in [-0.25, -0.2) is 18.4 Å². The topological polar surface area (TPSA) is 102 Å². The van der Waals surface area contributed by atoms with Gasteiger partial charge in [0, 0.05) is 13.2 Å². The SMILES string of the molecule is Cn1cc(S(N)(=O)=O)cc1C(=O)O. The van der Waals surface area contributed by atoms with Crippen LogP contribution >= 0.6 is 0 Å². The number of rotatable bonds is 2. The minimum Gasteiger partial charge on any atom is -0.477 e. The predicted octanol–water partition coefficient (Wildman–Crippen LogP) is -0.629. The van der Waals surface area contributed by atoms with Gasteiger partial charge < -0.3 is 9.67 Å². The van der Waals surface area contributed by atoms with E-state index in [4.69, 9.17) is 10.2 Å². The Morgan fingerprint density at radius 1 is 1.62 bits per heavy atom. The minimum atomic E-state index is -3.82. The summed E-state index contributed by atoms with van der Waals surface area (Å²) in [4.78, 5) is 10.3. The van der Waals surface area contributed by atoms with Gasteiger partial charge >= 0.3 is 5.97 Å². The van der Waals surface area contributed by atoms with E-state index < -0.39 is 16.0 Å². The fourth-order valence-electron chi connectivity index (χ4n) is 0.902. The van der Waals surface area contributed by atoms with Crippen LogP contribution in [0.25, 0.3) is 0 Å². The van der Waals surface area contributed by atoms with Crippen molar-refractivity contribution in [2.24, 2.45) is 12.2 Å². The average Bonchev–Trinajstić information content (AvgIpc) is 2.29. The quantitative estimate of drug-likeness (QED) is 0.669. The van der Waals surface area contributed by atoms with Crippen molar-refractivity contribution in [1.29, 1.82) is 0 Å². The maximum absolute atomic E-state index is 10.8.